The highest BCUT2D eigenvalue weighted by Crippen LogP contribution is 2.23. The lowest BCUT2D eigenvalue weighted by molar-refractivity contribution is -0.384. The van der Waals surface area contributed by atoms with Gasteiger partial charge in [-0.2, -0.15) is 4.31 Å². The molecule has 1 atom stereocenters. The van der Waals surface area contributed by atoms with Gasteiger partial charge in [0.15, 0.2) is 0 Å². The van der Waals surface area contributed by atoms with E-state index in [4.69, 9.17) is 0 Å². The van der Waals surface area contributed by atoms with Crippen LogP contribution in [-0.4, -0.2) is 67.1 Å². The SMILES string of the molecule is CCC(C)c1ccc(S(=O)(=O)N2CCN(C(=O)CNC(=O)c3cccc([N+](=O)[O-])c3)CC2)cc1. The van der Waals surface area contributed by atoms with E-state index < -0.39 is 20.9 Å². The summed E-state index contributed by atoms with van der Waals surface area (Å²) in [6.45, 7) is 4.60. The van der Waals surface area contributed by atoms with Gasteiger partial charge in [-0.1, -0.05) is 32.0 Å². The highest BCUT2D eigenvalue weighted by molar-refractivity contribution is 7.89. The number of amides is 2. The van der Waals surface area contributed by atoms with Crippen LogP contribution >= 0.6 is 0 Å². The number of benzene rings is 2. The zero-order valence-electron chi connectivity index (χ0n) is 19.1. The first-order valence-corrected chi connectivity index (χ1v) is 12.5. The number of carbonyl (C=O) groups is 2. The molecule has 182 valence electrons. The molecule has 1 N–H and O–H groups in total. The van der Waals surface area contributed by atoms with Gasteiger partial charge in [-0.3, -0.25) is 19.7 Å². The van der Waals surface area contributed by atoms with Gasteiger partial charge in [0.1, 0.15) is 0 Å². The van der Waals surface area contributed by atoms with Gasteiger partial charge in [-0.05, 0) is 36.1 Å². The number of rotatable bonds is 8. The number of non-ortho nitro benzene ring substituents is 1. The maximum atomic E-state index is 13.0. The lowest BCUT2D eigenvalue weighted by Gasteiger charge is -2.34. The smallest absolute Gasteiger partial charge is 0.270 e. The predicted molar refractivity (Wildman–Crippen MR) is 126 cm³/mol. The van der Waals surface area contributed by atoms with Gasteiger partial charge in [-0.15, -0.1) is 0 Å². The molecular weight excluding hydrogens is 460 g/mol. The Morgan fingerprint density at radius 1 is 1.09 bits per heavy atom. The normalized spacial score (nSPS) is 15.5. The van der Waals surface area contributed by atoms with Crippen LogP contribution in [0.4, 0.5) is 5.69 Å². The Morgan fingerprint density at radius 2 is 1.74 bits per heavy atom. The first kappa shape index (κ1) is 25.3. The fraction of sp³-hybridized carbons (Fsp3) is 0.391. The number of nitro benzene ring substituents is 1. The Labute approximate surface area is 198 Å². The minimum atomic E-state index is -3.66. The first-order valence-electron chi connectivity index (χ1n) is 11.0. The minimum Gasteiger partial charge on any atom is -0.343 e. The fourth-order valence-electron chi connectivity index (χ4n) is 3.66. The van der Waals surface area contributed by atoms with Crippen molar-refractivity contribution in [3.8, 4) is 0 Å². The van der Waals surface area contributed by atoms with Crippen molar-refractivity contribution in [2.24, 2.45) is 0 Å². The summed E-state index contributed by atoms with van der Waals surface area (Å²) in [7, 11) is -3.66. The molecule has 34 heavy (non-hydrogen) atoms. The molecule has 0 bridgehead atoms. The number of nitro groups is 1. The summed E-state index contributed by atoms with van der Waals surface area (Å²) in [6, 6.07) is 12.2. The van der Waals surface area contributed by atoms with Crippen LogP contribution in [-0.2, 0) is 14.8 Å². The number of nitrogens with one attached hydrogen (secondary N) is 1. The average Bonchev–Trinajstić information content (AvgIpc) is 2.86. The van der Waals surface area contributed by atoms with Crippen LogP contribution < -0.4 is 5.32 Å². The van der Waals surface area contributed by atoms with Gasteiger partial charge in [-0.25, -0.2) is 8.42 Å². The second-order valence-electron chi connectivity index (χ2n) is 8.15. The molecule has 1 aliphatic heterocycles. The van der Waals surface area contributed by atoms with Crippen molar-refractivity contribution in [2.45, 2.75) is 31.1 Å². The van der Waals surface area contributed by atoms with Crippen molar-refractivity contribution in [1.29, 1.82) is 0 Å². The van der Waals surface area contributed by atoms with Crippen molar-refractivity contribution < 1.29 is 22.9 Å². The summed E-state index contributed by atoms with van der Waals surface area (Å²) >= 11 is 0. The molecule has 11 heteroatoms. The number of carbonyl (C=O) groups excluding carboxylic acids is 2. The quantitative estimate of drug-likeness (QED) is 0.448. The molecule has 1 aliphatic rings. The fourth-order valence-corrected chi connectivity index (χ4v) is 5.08. The van der Waals surface area contributed by atoms with Crippen molar-refractivity contribution >= 4 is 27.5 Å². The summed E-state index contributed by atoms with van der Waals surface area (Å²) < 4.78 is 27.3. The summed E-state index contributed by atoms with van der Waals surface area (Å²) in [5.41, 5.74) is 0.951. The molecule has 2 aromatic carbocycles. The van der Waals surface area contributed by atoms with E-state index in [1.807, 2.05) is 12.1 Å². The molecule has 1 unspecified atom stereocenters. The van der Waals surface area contributed by atoms with E-state index in [1.165, 1.54) is 27.4 Å². The van der Waals surface area contributed by atoms with Crippen LogP contribution in [0, 0.1) is 10.1 Å². The molecule has 1 heterocycles. The molecule has 0 aromatic heterocycles. The standard InChI is InChI=1S/C23H28N4O6S/c1-3-17(2)18-7-9-21(10-8-18)34(32,33)26-13-11-25(12-14-26)22(28)16-24-23(29)19-5-4-6-20(15-19)27(30)31/h4-10,15,17H,3,11-14,16H2,1-2H3,(H,24,29). The molecule has 0 radical (unpaired) electrons. The molecule has 10 nitrogen and oxygen atoms in total. The van der Waals surface area contributed by atoms with Crippen LogP contribution in [0.2, 0.25) is 0 Å². The summed E-state index contributed by atoms with van der Waals surface area (Å²) in [4.78, 5) is 36.7. The largest absolute Gasteiger partial charge is 0.343 e. The van der Waals surface area contributed by atoms with E-state index in [-0.39, 0.29) is 54.8 Å². The molecular formula is C23H28N4O6S. The molecule has 1 saturated heterocycles. The molecule has 0 spiro atoms. The Kier molecular flexibility index (Phi) is 8.00. The van der Waals surface area contributed by atoms with Gasteiger partial charge >= 0.3 is 0 Å². The molecule has 0 aliphatic carbocycles. The van der Waals surface area contributed by atoms with Gasteiger partial charge in [0.05, 0.1) is 16.4 Å². The van der Waals surface area contributed by atoms with E-state index >= 15 is 0 Å². The van der Waals surface area contributed by atoms with E-state index in [0.717, 1.165) is 18.1 Å². The van der Waals surface area contributed by atoms with Crippen LogP contribution in [0.15, 0.2) is 53.4 Å². The molecule has 3 rings (SSSR count). The highest BCUT2D eigenvalue weighted by atomic mass is 32.2. The van der Waals surface area contributed by atoms with Gasteiger partial charge in [0, 0.05) is 43.9 Å². The van der Waals surface area contributed by atoms with Crippen molar-refractivity contribution in [3.05, 3.63) is 69.8 Å². The minimum absolute atomic E-state index is 0.0808. The summed E-state index contributed by atoms with van der Waals surface area (Å²) in [6.07, 6.45) is 0.966. The molecule has 2 aromatic rings. The predicted octanol–water partition coefficient (Wildman–Crippen LogP) is 2.37. The number of hydrogen-bond acceptors (Lipinski definition) is 6. The lowest BCUT2D eigenvalue weighted by atomic mass is 9.99. The zero-order valence-corrected chi connectivity index (χ0v) is 20.0. The van der Waals surface area contributed by atoms with Gasteiger partial charge in [0.25, 0.3) is 11.6 Å². The Balaban J connectivity index is 1.53. The Bertz CT molecular complexity index is 1160. The average molecular weight is 489 g/mol. The van der Waals surface area contributed by atoms with Crippen LogP contribution in [0.1, 0.15) is 42.1 Å². The molecule has 1 fully saturated rings. The lowest BCUT2D eigenvalue weighted by Crippen LogP contribution is -2.52. The third-order valence-corrected chi connectivity index (χ3v) is 7.92. The van der Waals surface area contributed by atoms with Crippen LogP contribution in [0.5, 0.6) is 0 Å². The second-order valence-corrected chi connectivity index (χ2v) is 10.1. The zero-order chi connectivity index (χ0) is 24.9. The number of hydrogen-bond donors (Lipinski definition) is 1. The number of sulfonamides is 1. The Morgan fingerprint density at radius 3 is 2.32 bits per heavy atom. The van der Waals surface area contributed by atoms with E-state index in [9.17, 15) is 28.1 Å². The first-order chi connectivity index (χ1) is 16.1. The van der Waals surface area contributed by atoms with Crippen molar-refractivity contribution in [2.75, 3.05) is 32.7 Å². The van der Waals surface area contributed by atoms with Gasteiger partial charge in [0.2, 0.25) is 15.9 Å². The second kappa shape index (κ2) is 10.7. The topological polar surface area (TPSA) is 130 Å². The van der Waals surface area contributed by atoms with Crippen molar-refractivity contribution in [3.63, 3.8) is 0 Å². The number of piperazine rings is 1. The van der Waals surface area contributed by atoms with Crippen LogP contribution in [0.3, 0.4) is 0 Å². The third kappa shape index (κ3) is 5.78. The van der Waals surface area contributed by atoms with E-state index in [2.05, 4.69) is 19.2 Å². The highest BCUT2D eigenvalue weighted by Gasteiger charge is 2.30. The molecule has 0 saturated carbocycles. The summed E-state index contributed by atoms with van der Waals surface area (Å²) in [5.74, 6) is -0.600. The monoisotopic (exact) mass is 488 g/mol. The molecule has 2 amide bonds. The maximum Gasteiger partial charge on any atom is 0.270 e. The van der Waals surface area contributed by atoms with Gasteiger partial charge < -0.3 is 10.2 Å². The summed E-state index contributed by atoms with van der Waals surface area (Å²) in [5, 5.41) is 13.3. The van der Waals surface area contributed by atoms with E-state index in [0.29, 0.717) is 5.92 Å². The van der Waals surface area contributed by atoms with Crippen LogP contribution in [0.25, 0.3) is 0 Å². The van der Waals surface area contributed by atoms with E-state index in [1.54, 1.807) is 12.1 Å². The van der Waals surface area contributed by atoms with Crippen molar-refractivity contribution in [1.82, 2.24) is 14.5 Å². The Hall–Kier alpha value is -3.31. The number of nitrogens with zero attached hydrogens (tertiary/aromatic N) is 3. The maximum absolute atomic E-state index is 13.0. The third-order valence-electron chi connectivity index (χ3n) is 6.01.